The molecule has 0 aliphatic carbocycles. The average molecular weight is 659 g/mol. The third-order valence-corrected chi connectivity index (χ3v) is 10.1. The fraction of sp³-hybridized carbons (Fsp3) is 0.500. The van der Waals surface area contributed by atoms with E-state index in [1.807, 2.05) is 18.2 Å². The first-order valence-corrected chi connectivity index (χ1v) is 17.1. The Labute approximate surface area is 280 Å². The third kappa shape index (κ3) is 6.88. The van der Waals surface area contributed by atoms with Crippen LogP contribution < -0.4 is 26.2 Å². The highest BCUT2D eigenvalue weighted by Crippen LogP contribution is 2.47. The maximum absolute atomic E-state index is 14.3. The van der Waals surface area contributed by atoms with E-state index in [4.69, 9.17) is 0 Å². The largest absolute Gasteiger partial charge is 0.394 e. The van der Waals surface area contributed by atoms with Gasteiger partial charge in [-0.2, -0.15) is 0 Å². The molecule has 256 valence electrons. The van der Waals surface area contributed by atoms with Crippen molar-refractivity contribution in [2.45, 2.75) is 82.1 Å². The predicted molar refractivity (Wildman–Crippen MR) is 182 cm³/mol. The van der Waals surface area contributed by atoms with Crippen molar-refractivity contribution in [1.29, 1.82) is 0 Å². The number of rotatable bonds is 11. The minimum absolute atomic E-state index is 0.0740. The van der Waals surface area contributed by atoms with Crippen LogP contribution >= 0.6 is 0 Å². The minimum Gasteiger partial charge on any atom is -0.394 e. The molecular weight excluding hydrogens is 612 g/mol. The summed E-state index contributed by atoms with van der Waals surface area (Å²) in [6, 6.07) is 11.7. The molecule has 3 fully saturated rings. The molecule has 5 atom stereocenters. The number of nitrogens with zero attached hydrogens (tertiary/aromatic N) is 2. The monoisotopic (exact) mass is 658 g/mol. The molecule has 48 heavy (non-hydrogen) atoms. The number of fused-ring (bicyclic) bond motifs is 1. The lowest BCUT2D eigenvalue weighted by Crippen LogP contribution is -2.44. The van der Waals surface area contributed by atoms with Crippen molar-refractivity contribution in [3.05, 3.63) is 65.7 Å². The van der Waals surface area contributed by atoms with Gasteiger partial charge in [-0.25, -0.2) is 0 Å². The van der Waals surface area contributed by atoms with Gasteiger partial charge in [0, 0.05) is 35.8 Å². The molecule has 0 unspecified atom stereocenters. The van der Waals surface area contributed by atoms with E-state index in [2.05, 4.69) is 21.3 Å². The molecule has 0 radical (unpaired) electrons. The van der Waals surface area contributed by atoms with E-state index < -0.39 is 17.4 Å². The van der Waals surface area contributed by atoms with E-state index in [0.29, 0.717) is 29.2 Å². The Hall–Kier alpha value is -4.10. The summed E-state index contributed by atoms with van der Waals surface area (Å²) >= 11 is 0. The SMILES string of the molecule is C[C@@H](/C=C/CC(=O)N1CCC[C@H]1CO)[C@]1(O)C(=O)N(Cc2cccc(NC(=O)[C@H]3CCCN3)c2)c2ccc(NC(=O)[C@H]3CCCN3)cc21. The quantitative estimate of drug-likeness (QED) is 0.201. The molecule has 6 rings (SSSR count). The van der Waals surface area contributed by atoms with Crippen LogP contribution in [0.25, 0.3) is 0 Å². The van der Waals surface area contributed by atoms with Gasteiger partial charge in [0.25, 0.3) is 5.91 Å². The number of carbonyl (C=O) groups excluding carboxylic acids is 4. The normalized spacial score (nSPS) is 25.9. The Morgan fingerprint density at radius 1 is 0.979 bits per heavy atom. The maximum atomic E-state index is 14.3. The van der Waals surface area contributed by atoms with Gasteiger partial charge in [0.05, 0.1) is 37.0 Å². The summed E-state index contributed by atoms with van der Waals surface area (Å²) in [6.07, 6.45) is 8.45. The number of likely N-dealkylation sites (tertiary alicyclic amines) is 1. The van der Waals surface area contributed by atoms with Crippen LogP contribution in [0.15, 0.2) is 54.6 Å². The second-order valence-electron chi connectivity index (χ2n) is 13.4. The molecule has 2 aromatic carbocycles. The summed E-state index contributed by atoms with van der Waals surface area (Å²) < 4.78 is 0. The first-order chi connectivity index (χ1) is 23.2. The fourth-order valence-corrected chi connectivity index (χ4v) is 7.37. The first-order valence-electron chi connectivity index (χ1n) is 17.1. The van der Waals surface area contributed by atoms with Crippen molar-refractivity contribution in [1.82, 2.24) is 15.5 Å². The van der Waals surface area contributed by atoms with Crippen LogP contribution in [0, 0.1) is 5.92 Å². The number of anilines is 3. The van der Waals surface area contributed by atoms with Gasteiger partial charge in [0.2, 0.25) is 17.7 Å². The molecule has 0 saturated carbocycles. The number of hydrogen-bond acceptors (Lipinski definition) is 8. The number of aliphatic hydroxyl groups is 2. The number of benzene rings is 2. The molecule has 3 saturated heterocycles. The second kappa shape index (κ2) is 14.6. The smallest absolute Gasteiger partial charge is 0.264 e. The summed E-state index contributed by atoms with van der Waals surface area (Å²) in [7, 11) is 0. The Morgan fingerprint density at radius 3 is 2.31 bits per heavy atom. The summed E-state index contributed by atoms with van der Waals surface area (Å²) in [5.41, 5.74) is 0.768. The van der Waals surface area contributed by atoms with Crippen molar-refractivity contribution in [3.63, 3.8) is 0 Å². The molecule has 4 amide bonds. The molecule has 4 aliphatic heterocycles. The number of hydrogen-bond donors (Lipinski definition) is 6. The van der Waals surface area contributed by atoms with E-state index in [1.165, 1.54) is 4.90 Å². The molecule has 4 aliphatic rings. The van der Waals surface area contributed by atoms with Crippen molar-refractivity contribution >= 4 is 40.7 Å². The first kappa shape index (κ1) is 33.8. The Bertz CT molecular complexity index is 1570. The van der Waals surface area contributed by atoms with E-state index in [0.717, 1.165) is 57.2 Å². The van der Waals surface area contributed by atoms with Crippen LogP contribution in [0.4, 0.5) is 17.1 Å². The average Bonchev–Trinajstić information content (AvgIpc) is 3.91. The molecular formula is C36H46N6O6. The zero-order valence-electron chi connectivity index (χ0n) is 27.4. The zero-order chi connectivity index (χ0) is 33.8. The van der Waals surface area contributed by atoms with Gasteiger partial charge in [0.1, 0.15) is 0 Å². The Kier molecular flexibility index (Phi) is 10.3. The lowest BCUT2D eigenvalue weighted by atomic mass is 9.82. The highest BCUT2D eigenvalue weighted by atomic mass is 16.3. The third-order valence-electron chi connectivity index (χ3n) is 10.1. The highest BCUT2D eigenvalue weighted by Gasteiger charge is 2.52. The summed E-state index contributed by atoms with van der Waals surface area (Å²) in [4.78, 5) is 56.0. The van der Waals surface area contributed by atoms with Crippen LogP contribution in [-0.4, -0.2) is 83.1 Å². The Balaban J connectivity index is 1.24. The standard InChI is InChI=1S/C36H46N6O6/c1-23(7-2-13-32(44)41-18-6-10-27(41)22-43)36(48)28-20-26(40-34(46)30-12-5-17-38-30)14-15-31(28)42(35(36)47)21-24-8-3-9-25(19-24)39-33(45)29-11-4-16-37-29/h2-3,7-9,14-15,19-20,23,27,29-30,37-38,43,48H,4-6,10-13,16-18,21-22H2,1H3,(H,39,45)(H,40,46)/b7-2+/t23-,27-,29+,30+,36+/m0/s1. The van der Waals surface area contributed by atoms with Gasteiger partial charge >= 0.3 is 0 Å². The van der Waals surface area contributed by atoms with Crippen molar-refractivity contribution in [2.75, 3.05) is 41.8 Å². The van der Waals surface area contributed by atoms with E-state index in [9.17, 15) is 29.4 Å². The number of aliphatic hydroxyl groups excluding tert-OH is 1. The van der Waals surface area contributed by atoms with E-state index >= 15 is 0 Å². The lowest BCUT2D eigenvalue weighted by molar-refractivity contribution is -0.139. The molecule has 2 aromatic rings. The zero-order valence-corrected chi connectivity index (χ0v) is 27.4. The topological polar surface area (TPSA) is 163 Å². The van der Waals surface area contributed by atoms with E-state index in [1.54, 1.807) is 48.2 Å². The molecule has 12 nitrogen and oxygen atoms in total. The van der Waals surface area contributed by atoms with Crippen LogP contribution in [0.5, 0.6) is 0 Å². The molecule has 0 spiro atoms. The molecule has 4 heterocycles. The summed E-state index contributed by atoms with van der Waals surface area (Å²) in [5.74, 6) is -1.62. The molecule has 0 bridgehead atoms. The number of amides is 4. The van der Waals surface area contributed by atoms with Crippen molar-refractivity contribution < 1.29 is 29.4 Å². The van der Waals surface area contributed by atoms with E-state index in [-0.39, 0.29) is 55.4 Å². The number of carbonyl (C=O) groups is 4. The van der Waals surface area contributed by atoms with Crippen LogP contribution in [-0.2, 0) is 31.3 Å². The summed E-state index contributed by atoms with van der Waals surface area (Å²) in [6.45, 7) is 4.00. The molecule has 6 N–H and O–H groups in total. The second-order valence-corrected chi connectivity index (χ2v) is 13.4. The fourth-order valence-electron chi connectivity index (χ4n) is 7.37. The minimum atomic E-state index is -1.97. The van der Waals surface area contributed by atoms with Gasteiger partial charge < -0.3 is 41.3 Å². The molecule has 12 heteroatoms. The van der Waals surface area contributed by atoms with Crippen LogP contribution in [0.2, 0.25) is 0 Å². The van der Waals surface area contributed by atoms with Gasteiger partial charge in [0.15, 0.2) is 5.60 Å². The summed E-state index contributed by atoms with van der Waals surface area (Å²) in [5, 5.41) is 34.2. The van der Waals surface area contributed by atoms with Crippen LogP contribution in [0.3, 0.4) is 0 Å². The molecule has 0 aromatic heterocycles. The highest BCUT2D eigenvalue weighted by molar-refractivity contribution is 6.08. The maximum Gasteiger partial charge on any atom is 0.264 e. The number of nitrogens with one attached hydrogen (secondary N) is 4. The van der Waals surface area contributed by atoms with Gasteiger partial charge in [-0.15, -0.1) is 0 Å². The lowest BCUT2D eigenvalue weighted by Gasteiger charge is -2.28. The van der Waals surface area contributed by atoms with Gasteiger partial charge in [-0.3, -0.25) is 19.2 Å². The predicted octanol–water partition coefficient (Wildman–Crippen LogP) is 2.37. The van der Waals surface area contributed by atoms with Crippen molar-refractivity contribution in [2.24, 2.45) is 5.92 Å². The van der Waals surface area contributed by atoms with Crippen molar-refractivity contribution in [3.8, 4) is 0 Å². The van der Waals surface area contributed by atoms with Gasteiger partial charge in [-0.05, 0) is 87.5 Å². The van der Waals surface area contributed by atoms with Gasteiger partial charge in [-0.1, -0.05) is 31.2 Å². The Morgan fingerprint density at radius 2 is 1.67 bits per heavy atom. The van der Waals surface area contributed by atoms with Crippen LogP contribution in [0.1, 0.15) is 63.0 Å².